The molecular formula is C27H32O6. The molecule has 0 unspecified atom stereocenters. The first-order valence-corrected chi connectivity index (χ1v) is 10.6. The van der Waals surface area contributed by atoms with Crippen LogP contribution in [0.25, 0.3) is 11.1 Å². The number of ketones is 2. The number of carbonyl (C=O) groups excluding carboxylic acids is 2. The standard InChI is InChI=1S/C27H32O6/c1-15(19-9-11-21(28)23(13-19)32-7)17(3)25(30)27(5,6)26(31)18(4)16(2)20-10-12-22(29)24(14-20)33-8/h9-14,28-29H,1-8H3. The molecule has 0 aliphatic carbocycles. The highest BCUT2D eigenvalue weighted by Crippen LogP contribution is 2.35. The number of aromatic hydroxyl groups is 2. The van der Waals surface area contributed by atoms with E-state index in [1.54, 1.807) is 65.8 Å². The lowest BCUT2D eigenvalue weighted by atomic mass is 9.75. The van der Waals surface area contributed by atoms with Crippen LogP contribution in [0.5, 0.6) is 23.0 Å². The Morgan fingerprint density at radius 3 is 1.33 bits per heavy atom. The van der Waals surface area contributed by atoms with Crippen LogP contribution in [-0.2, 0) is 9.59 Å². The summed E-state index contributed by atoms with van der Waals surface area (Å²) in [5.41, 5.74) is 2.45. The average molecular weight is 453 g/mol. The van der Waals surface area contributed by atoms with Crippen LogP contribution in [0.4, 0.5) is 0 Å². The molecule has 0 radical (unpaired) electrons. The second-order valence-electron chi connectivity index (χ2n) is 8.56. The van der Waals surface area contributed by atoms with Gasteiger partial charge in [0.25, 0.3) is 0 Å². The number of hydrogen-bond acceptors (Lipinski definition) is 6. The fraction of sp³-hybridized carbons (Fsp3) is 0.333. The molecule has 0 saturated carbocycles. The molecule has 33 heavy (non-hydrogen) atoms. The molecule has 2 rings (SSSR count). The molecule has 0 fully saturated rings. The number of methoxy groups -OCH3 is 2. The van der Waals surface area contributed by atoms with Crippen molar-refractivity contribution in [1.29, 1.82) is 0 Å². The normalized spacial score (nSPS) is 13.1. The first kappa shape index (κ1) is 25.7. The summed E-state index contributed by atoms with van der Waals surface area (Å²) >= 11 is 0. The Balaban J connectivity index is 2.44. The predicted molar refractivity (Wildman–Crippen MR) is 130 cm³/mol. The number of phenols is 2. The van der Waals surface area contributed by atoms with Gasteiger partial charge in [0.2, 0.25) is 0 Å². The quantitative estimate of drug-likeness (QED) is 0.402. The second kappa shape index (κ2) is 9.94. The molecule has 0 aromatic heterocycles. The van der Waals surface area contributed by atoms with Crippen molar-refractivity contribution in [3.05, 3.63) is 58.7 Å². The van der Waals surface area contributed by atoms with Gasteiger partial charge in [0.1, 0.15) is 0 Å². The lowest BCUT2D eigenvalue weighted by molar-refractivity contribution is -0.134. The summed E-state index contributed by atoms with van der Waals surface area (Å²) in [4.78, 5) is 26.8. The minimum absolute atomic E-state index is 0.00985. The minimum Gasteiger partial charge on any atom is -0.504 e. The molecule has 0 amide bonds. The Kier molecular flexibility index (Phi) is 7.75. The number of ether oxygens (including phenoxy) is 2. The van der Waals surface area contributed by atoms with Gasteiger partial charge in [0, 0.05) is 0 Å². The zero-order valence-electron chi connectivity index (χ0n) is 20.5. The molecule has 6 nitrogen and oxygen atoms in total. The summed E-state index contributed by atoms with van der Waals surface area (Å²) in [6.07, 6.45) is 0. The Morgan fingerprint density at radius 1 is 0.697 bits per heavy atom. The number of benzene rings is 2. The van der Waals surface area contributed by atoms with Crippen LogP contribution in [-0.4, -0.2) is 36.0 Å². The number of Topliss-reactive ketones (excluding diaryl/α,β-unsaturated/α-hetero) is 2. The summed E-state index contributed by atoms with van der Waals surface area (Å²) in [5.74, 6) is 0.0635. The maximum atomic E-state index is 13.4. The fourth-order valence-electron chi connectivity index (χ4n) is 3.64. The van der Waals surface area contributed by atoms with Crippen molar-refractivity contribution in [2.24, 2.45) is 5.41 Å². The maximum absolute atomic E-state index is 13.4. The molecule has 0 aliphatic heterocycles. The van der Waals surface area contributed by atoms with Gasteiger partial charge in [-0.1, -0.05) is 12.1 Å². The van der Waals surface area contributed by atoms with Crippen molar-refractivity contribution in [2.75, 3.05) is 14.2 Å². The lowest BCUT2D eigenvalue weighted by Gasteiger charge is -2.24. The van der Waals surface area contributed by atoms with Gasteiger partial charge in [0.05, 0.1) is 19.6 Å². The molecule has 2 aromatic carbocycles. The third-order valence-corrected chi connectivity index (χ3v) is 6.17. The summed E-state index contributed by atoms with van der Waals surface area (Å²) in [6, 6.07) is 9.73. The molecule has 2 N–H and O–H groups in total. The van der Waals surface area contributed by atoms with Crippen LogP contribution in [0.15, 0.2) is 47.5 Å². The summed E-state index contributed by atoms with van der Waals surface area (Å²) < 4.78 is 10.3. The van der Waals surface area contributed by atoms with E-state index in [9.17, 15) is 19.8 Å². The van der Waals surface area contributed by atoms with Crippen molar-refractivity contribution < 1.29 is 29.3 Å². The smallest absolute Gasteiger partial charge is 0.172 e. The van der Waals surface area contributed by atoms with Gasteiger partial charge in [0.15, 0.2) is 34.6 Å². The molecule has 2 aromatic rings. The van der Waals surface area contributed by atoms with E-state index < -0.39 is 5.41 Å². The molecule has 0 spiro atoms. The van der Waals surface area contributed by atoms with E-state index in [4.69, 9.17) is 9.47 Å². The van der Waals surface area contributed by atoms with Crippen molar-refractivity contribution in [3.8, 4) is 23.0 Å². The third kappa shape index (κ3) is 5.11. The molecule has 0 saturated heterocycles. The van der Waals surface area contributed by atoms with E-state index in [0.29, 0.717) is 33.8 Å². The highest BCUT2D eigenvalue weighted by Gasteiger charge is 2.38. The molecule has 0 aliphatic rings. The monoisotopic (exact) mass is 452 g/mol. The summed E-state index contributed by atoms with van der Waals surface area (Å²) in [7, 11) is 2.91. The van der Waals surface area contributed by atoms with E-state index in [2.05, 4.69) is 0 Å². The van der Waals surface area contributed by atoms with Crippen molar-refractivity contribution in [3.63, 3.8) is 0 Å². The Labute approximate surface area is 195 Å². The van der Waals surface area contributed by atoms with Crippen LogP contribution in [0.2, 0.25) is 0 Å². The van der Waals surface area contributed by atoms with Crippen LogP contribution < -0.4 is 9.47 Å². The fourth-order valence-corrected chi connectivity index (χ4v) is 3.64. The highest BCUT2D eigenvalue weighted by atomic mass is 16.5. The zero-order chi connectivity index (χ0) is 25.1. The molecule has 176 valence electrons. The predicted octanol–water partition coefficient (Wildman–Crippen LogP) is 5.57. The third-order valence-electron chi connectivity index (χ3n) is 6.17. The Hall–Kier alpha value is -3.54. The number of hydrogen-bond donors (Lipinski definition) is 2. The first-order chi connectivity index (χ1) is 15.4. The van der Waals surface area contributed by atoms with Crippen LogP contribution in [0.1, 0.15) is 52.7 Å². The number of phenolic OH excluding ortho intramolecular Hbond substituents is 2. The summed E-state index contributed by atoms with van der Waals surface area (Å²) in [6.45, 7) is 10.2. The van der Waals surface area contributed by atoms with E-state index in [0.717, 1.165) is 11.1 Å². The lowest BCUT2D eigenvalue weighted by Crippen LogP contribution is -2.35. The number of allylic oxidation sites excluding steroid dienone is 4. The number of rotatable bonds is 8. The number of carbonyl (C=O) groups is 2. The van der Waals surface area contributed by atoms with Gasteiger partial charge in [-0.3, -0.25) is 9.59 Å². The van der Waals surface area contributed by atoms with Gasteiger partial charge >= 0.3 is 0 Å². The Morgan fingerprint density at radius 2 is 1.03 bits per heavy atom. The van der Waals surface area contributed by atoms with E-state index in [-0.39, 0.29) is 23.1 Å². The molecule has 6 heteroatoms. The van der Waals surface area contributed by atoms with Crippen molar-refractivity contribution >= 4 is 22.7 Å². The zero-order valence-corrected chi connectivity index (χ0v) is 20.5. The van der Waals surface area contributed by atoms with E-state index in [1.807, 2.05) is 0 Å². The molecule has 0 heterocycles. The molecule has 0 atom stereocenters. The van der Waals surface area contributed by atoms with Gasteiger partial charge < -0.3 is 19.7 Å². The first-order valence-electron chi connectivity index (χ1n) is 10.6. The van der Waals surface area contributed by atoms with Crippen molar-refractivity contribution in [2.45, 2.75) is 41.5 Å². The van der Waals surface area contributed by atoms with Crippen molar-refractivity contribution in [1.82, 2.24) is 0 Å². The highest BCUT2D eigenvalue weighted by molar-refractivity contribution is 6.21. The topological polar surface area (TPSA) is 93.1 Å². The van der Waals surface area contributed by atoms with Crippen LogP contribution in [0, 0.1) is 5.41 Å². The van der Waals surface area contributed by atoms with E-state index in [1.165, 1.54) is 26.4 Å². The van der Waals surface area contributed by atoms with Gasteiger partial charge in [-0.2, -0.15) is 0 Å². The molecule has 0 bridgehead atoms. The van der Waals surface area contributed by atoms with Crippen LogP contribution in [0.3, 0.4) is 0 Å². The summed E-state index contributed by atoms with van der Waals surface area (Å²) in [5, 5.41) is 19.7. The second-order valence-corrected chi connectivity index (χ2v) is 8.56. The van der Waals surface area contributed by atoms with Crippen LogP contribution >= 0.6 is 0 Å². The molecular weight excluding hydrogens is 420 g/mol. The van der Waals surface area contributed by atoms with Gasteiger partial charge in [-0.05, 0) is 99.2 Å². The van der Waals surface area contributed by atoms with E-state index >= 15 is 0 Å². The SMILES string of the molecule is COc1cc(C(C)=C(C)C(=O)C(C)(C)C(=O)C(C)=C(C)c2ccc(O)c(OC)c2)ccc1O. The Bertz CT molecular complexity index is 1060. The van der Waals surface area contributed by atoms with Gasteiger partial charge in [-0.25, -0.2) is 0 Å². The van der Waals surface area contributed by atoms with Gasteiger partial charge in [-0.15, -0.1) is 0 Å². The minimum atomic E-state index is -1.29. The largest absolute Gasteiger partial charge is 0.504 e. The maximum Gasteiger partial charge on any atom is 0.172 e. The average Bonchev–Trinajstić information content (AvgIpc) is 2.81.